The molecular weight excluding hydrogens is 290 g/mol. The highest BCUT2D eigenvalue weighted by Crippen LogP contribution is 2.34. The number of esters is 2. The first-order valence-electron chi connectivity index (χ1n) is 6.58. The van der Waals surface area contributed by atoms with Gasteiger partial charge in [0.25, 0.3) is 11.5 Å². The average molecular weight is 305 g/mol. The summed E-state index contributed by atoms with van der Waals surface area (Å²) in [5.41, 5.74) is 0.459. The van der Waals surface area contributed by atoms with Crippen molar-refractivity contribution in [2.45, 2.75) is 25.6 Å². The highest BCUT2D eigenvalue weighted by atomic mass is 16.7. The molecule has 1 aromatic carbocycles. The molecule has 0 spiro atoms. The van der Waals surface area contributed by atoms with Gasteiger partial charge in [0.05, 0.1) is 4.92 Å². The van der Waals surface area contributed by atoms with Crippen LogP contribution < -0.4 is 0 Å². The molecule has 0 aromatic heterocycles. The van der Waals surface area contributed by atoms with E-state index in [2.05, 4.69) is 6.58 Å². The van der Waals surface area contributed by atoms with Gasteiger partial charge in [-0.2, -0.15) is 0 Å². The first-order valence-corrected chi connectivity index (χ1v) is 6.58. The van der Waals surface area contributed by atoms with Crippen molar-refractivity contribution in [3.63, 3.8) is 0 Å². The zero-order valence-electron chi connectivity index (χ0n) is 12.1. The minimum atomic E-state index is -1.30. The van der Waals surface area contributed by atoms with Crippen molar-refractivity contribution in [1.82, 2.24) is 0 Å². The van der Waals surface area contributed by atoms with E-state index in [1.54, 1.807) is 0 Å². The summed E-state index contributed by atoms with van der Waals surface area (Å²) in [5.74, 6) is -4.57. The van der Waals surface area contributed by atoms with Crippen LogP contribution in [0.1, 0.15) is 25.3 Å². The largest absolute Gasteiger partial charge is 0.422 e. The van der Waals surface area contributed by atoms with Crippen LogP contribution in [0.4, 0.5) is 5.69 Å². The molecule has 0 radical (unpaired) electrons. The number of carbonyl (C=O) groups excluding carboxylic acids is 2. The number of nitrogens with zero attached hydrogens (tertiary/aromatic N) is 1. The molecule has 7 nitrogen and oxygen atoms in total. The van der Waals surface area contributed by atoms with Gasteiger partial charge in [-0.3, -0.25) is 19.7 Å². The Bertz CT molecular complexity index is 614. The molecule has 0 saturated carbocycles. The first-order chi connectivity index (χ1) is 10.2. The third-order valence-corrected chi connectivity index (χ3v) is 3.30. The normalized spacial score (nSPS) is 19.0. The van der Waals surface area contributed by atoms with Crippen molar-refractivity contribution in [1.29, 1.82) is 0 Å². The van der Waals surface area contributed by atoms with Crippen molar-refractivity contribution in [2.24, 2.45) is 5.92 Å². The van der Waals surface area contributed by atoms with Gasteiger partial charge in [0.15, 0.2) is 5.92 Å². The summed E-state index contributed by atoms with van der Waals surface area (Å²) >= 11 is 0. The standard InChI is InChI=1S/C15H15NO6/c1-4-11(9-5-7-10(8-6-9)16(19)20)12-13(17)21-15(2,3)22-14(12)18/h4-8,11-12H,1H2,2-3H3. The van der Waals surface area contributed by atoms with Gasteiger partial charge in [0.2, 0.25) is 0 Å². The summed E-state index contributed by atoms with van der Waals surface area (Å²) in [4.78, 5) is 34.3. The molecule has 1 unspecified atom stereocenters. The van der Waals surface area contributed by atoms with E-state index in [0.29, 0.717) is 5.56 Å². The fraction of sp³-hybridized carbons (Fsp3) is 0.333. The topological polar surface area (TPSA) is 95.7 Å². The lowest BCUT2D eigenvalue weighted by atomic mass is 9.85. The van der Waals surface area contributed by atoms with Gasteiger partial charge in [-0.05, 0) is 5.56 Å². The average Bonchev–Trinajstić information content (AvgIpc) is 2.41. The molecule has 116 valence electrons. The predicted octanol–water partition coefficient (Wildman–Crippen LogP) is 2.32. The number of nitro groups is 1. The van der Waals surface area contributed by atoms with E-state index < -0.39 is 34.5 Å². The highest BCUT2D eigenvalue weighted by molar-refractivity contribution is 5.98. The Morgan fingerprint density at radius 2 is 1.73 bits per heavy atom. The SMILES string of the molecule is C=CC(c1ccc([N+](=O)[O-])cc1)C1C(=O)OC(C)(C)OC1=O. The molecule has 0 aliphatic carbocycles. The lowest BCUT2D eigenvalue weighted by molar-refractivity contribution is -0.384. The smallest absolute Gasteiger partial charge is 0.324 e. The molecule has 1 aliphatic heterocycles. The Hall–Kier alpha value is -2.70. The van der Waals surface area contributed by atoms with Crippen LogP contribution in [0.15, 0.2) is 36.9 Å². The number of carbonyl (C=O) groups is 2. The van der Waals surface area contributed by atoms with Crippen LogP contribution in [0.2, 0.25) is 0 Å². The van der Waals surface area contributed by atoms with Crippen LogP contribution >= 0.6 is 0 Å². The van der Waals surface area contributed by atoms with Gasteiger partial charge < -0.3 is 9.47 Å². The van der Waals surface area contributed by atoms with Crippen molar-refractivity contribution in [2.75, 3.05) is 0 Å². The van der Waals surface area contributed by atoms with Crippen LogP contribution in [-0.2, 0) is 19.1 Å². The van der Waals surface area contributed by atoms with Crippen molar-refractivity contribution in [3.8, 4) is 0 Å². The number of hydrogen-bond acceptors (Lipinski definition) is 6. The maximum Gasteiger partial charge on any atom is 0.324 e. The van der Waals surface area contributed by atoms with E-state index in [-0.39, 0.29) is 5.69 Å². The van der Waals surface area contributed by atoms with E-state index >= 15 is 0 Å². The molecule has 7 heteroatoms. The van der Waals surface area contributed by atoms with Gasteiger partial charge in [0, 0.05) is 31.9 Å². The van der Waals surface area contributed by atoms with Crippen molar-refractivity contribution < 1.29 is 24.0 Å². The molecule has 22 heavy (non-hydrogen) atoms. The van der Waals surface area contributed by atoms with Crippen LogP contribution in [0.25, 0.3) is 0 Å². The number of ether oxygens (including phenoxy) is 2. The maximum absolute atomic E-state index is 12.1. The molecule has 1 heterocycles. The van der Waals surface area contributed by atoms with E-state index in [0.717, 1.165) is 0 Å². The molecule has 1 aliphatic rings. The van der Waals surface area contributed by atoms with Crippen LogP contribution in [0.3, 0.4) is 0 Å². The van der Waals surface area contributed by atoms with E-state index in [1.807, 2.05) is 0 Å². The zero-order chi connectivity index (χ0) is 16.5. The highest BCUT2D eigenvalue weighted by Gasteiger charge is 2.46. The molecule has 1 saturated heterocycles. The Balaban J connectivity index is 2.31. The van der Waals surface area contributed by atoms with Crippen molar-refractivity contribution in [3.05, 3.63) is 52.6 Å². The number of allylic oxidation sites excluding steroid dienone is 1. The Kier molecular flexibility index (Phi) is 3.99. The van der Waals surface area contributed by atoms with Gasteiger partial charge in [-0.15, -0.1) is 6.58 Å². The molecule has 1 fully saturated rings. The summed E-state index contributed by atoms with van der Waals surface area (Å²) in [6, 6.07) is 5.56. The molecule has 2 rings (SSSR count). The molecule has 1 aromatic rings. The number of benzene rings is 1. The van der Waals surface area contributed by atoms with Gasteiger partial charge >= 0.3 is 11.9 Å². The first kappa shape index (κ1) is 15.7. The second-order valence-corrected chi connectivity index (χ2v) is 5.33. The molecule has 0 amide bonds. The molecular formula is C15H15NO6. The summed E-state index contributed by atoms with van der Waals surface area (Å²) < 4.78 is 10.2. The molecule has 0 bridgehead atoms. The lowest BCUT2D eigenvalue weighted by Gasteiger charge is -2.35. The number of nitro benzene ring substituents is 1. The summed E-state index contributed by atoms with van der Waals surface area (Å²) in [7, 11) is 0. The van der Waals surface area contributed by atoms with Crippen LogP contribution in [-0.4, -0.2) is 22.6 Å². The number of non-ortho nitro benzene ring substituents is 1. The van der Waals surface area contributed by atoms with Crippen LogP contribution in [0, 0.1) is 16.0 Å². The fourth-order valence-corrected chi connectivity index (χ4v) is 2.30. The Morgan fingerprint density at radius 1 is 1.23 bits per heavy atom. The lowest BCUT2D eigenvalue weighted by Crippen LogP contribution is -2.48. The fourth-order valence-electron chi connectivity index (χ4n) is 2.30. The predicted molar refractivity (Wildman–Crippen MR) is 75.8 cm³/mol. The van der Waals surface area contributed by atoms with E-state index in [1.165, 1.54) is 44.2 Å². The summed E-state index contributed by atoms with van der Waals surface area (Å²) in [6.07, 6.45) is 1.42. The number of hydrogen-bond donors (Lipinski definition) is 0. The Morgan fingerprint density at radius 3 is 2.14 bits per heavy atom. The Labute approximate surface area is 126 Å². The quantitative estimate of drug-likeness (QED) is 0.278. The molecule has 0 N–H and O–H groups in total. The van der Waals surface area contributed by atoms with Crippen LogP contribution in [0.5, 0.6) is 0 Å². The second-order valence-electron chi connectivity index (χ2n) is 5.33. The van der Waals surface area contributed by atoms with E-state index in [9.17, 15) is 19.7 Å². The minimum absolute atomic E-state index is 0.0820. The monoisotopic (exact) mass is 305 g/mol. The maximum atomic E-state index is 12.1. The summed E-state index contributed by atoms with van der Waals surface area (Å²) in [6.45, 7) is 6.56. The number of cyclic esters (lactones) is 2. The summed E-state index contributed by atoms with van der Waals surface area (Å²) in [5, 5.41) is 10.7. The second kappa shape index (κ2) is 5.59. The van der Waals surface area contributed by atoms with Gasteiger partial charge in [-0.25, -0.2) is 0 Å². The van der Waals surface area contributed by atoms with Gasteiger partial charge in [-0.1, -0.05) is 18.2 Å². The number of rotatable bonds is 4. The molecule has 1 atom stereocenters. The van der Waals surface area contributed by atoms with E-state index in [4.69, 9.17) is 9.47 Å². The third kappa shape index (κ3) is 2.98. The minimum Gasteiger partial charge on any atom is -0.422 e. The van der Waals surface area contributed by atoms with Crippen molar-refractivity contribution >= 4 is 17.6 Å². The zero-order valence-corrected chi connectivity index (χ0v) is 12.1. The van der Waals surface area contributed by atoms with Gasteiger partial charge in [0.1, 0.15) is 0 Å². The third-order valence-electron chi connectivity index (χ3n) is 3.30.